The number of nitrogens with one attached hydrogen (secondary N) is 1. The van der Waals surface area contributed by atoms with Gasteiger partial charge in [0.05, 0.1) is 12.0 Å². The minimum absolute atomic E-state index is 0.00400. The van der Waals surface area contributed by atoms with E-state index in [-0.39, 0.29) is 23.8 Å². The highest BCUT2D eigenvalue weighted by atomic mass is 16.3. The zero-order valence-corrected chi connectivity index (χ0v) is 12.6. The van der Waals surface area contributed by atoms with Crippen LogP contribution in [0.25, 0.3) is 0 Å². The summed E-state index contributed by atoms with van der Waals surface area (Å²) in [4.78, 5) is 12.5. The number of hydrogen-bond donors (Lipinski definition) is 2. The van der Waals surface area contributed by atoms with Crippen molar-refractivity contribution in [1.82, 2.24) is 5.32 Å². The maximum Gasteiger partial charge on any atom is 0.227 e. The average molecular weight is 287 g/mol. The molecule has 21 heavy (non-hydrogen) atoms. The molecule has 2 aliphatic carbocycles. The Hall–Kier alpha value is -1.35. The van der Waals surface area contributed by atoms with Crippen LogP contribution in [-0.2, 0) is 11.2 Å². The Balaban J connectivity index is 1.61. The van der Waals surface area contributed by atoms with Gasteiger partial charge in [0.2, 0.25) is 5.91 Å². The number of aliphatic hydroxyl groups is 1. The molecular formula is C18H25NO2. The third-order valence-corrected chi connectivity index (χ3v) is 5.09. The molecule has 1 aromatic carbocycles. The highest BCUT2D eigenvalue weighted by Gasteiger charge is 2.28. The molecule has 114 valence electrons. The lowest BCUT2D eigenvalue weighted by Crippen LogP contribution is -2.39. The van der Waals surface area contributed by atoms with E-state index in [9.17, 15) is 9.90 Å². The quantitative estimate of drug-likeness (QED) is 0.898. The number of aliphatic hydroxyl groups excluding tert-OH is 1. The van der Waals surface area contributed by atoms with Crippen LogP contribution >= 0.6 is 0 Å². The third kappa shape index (κ3) is 3.29. The number of hydrogen-bond acceptors (Lipinski definition) is 2. The van der Waals surface area contributed by atoms with E-state index in [0.717, 1.165) is 38.5 Å². The van der Waals surface area contributed by atoms with Crippen LogP contribution in [0.4, 0.5) is 0 Å². The number of carbonyl (C=O) groups is 1. The highest BCUT2D eigenvalue weighted by Crippen LogP contribution is 2.31. The summed E-state index contributed by atoms with van der Waals surface area (Å²) < 4.78 is 0. The molecule has 3 atom stereocenters. The molecule has 3 rings (SSSR count). The van der Waals surface area contributed by atoms with Crippen molar-refractivity contribution in [3.8, 4) is 0 Å². The summed E-state index contributed by atoms with van der Waals surface area (Å²) in [6.07, 6.45) is 7.07. The number of carbonyl (C=O) groups excluding carboxylic acids is 1. The van der Waals surface area contributed by atoms with Gasteiger partial charge in [-0.15, -0.1) is 0 Å². The van der Waals surface area contributed by atoms with Crippen molar-refractivity contribution >= 4 is 5.91 Å². The summed E-state index contributed by atoms with van der Waals surface area (Å²) in [5, 5.41) is 13.1. The summed E-state index contributed by atoms with van der Waals surface area (Å²) in [5.41, 5.74) is 2.52. The van der Waals surface area contributed by atoms with E-state index in [4.69, 9.17) is 0 Å². The van der Waals surface area contributed by atoms with Crippen molar-refractivity contribution in [3.05, 3.63) is 35.4 Å². The van der Waals surface area contributed by atoms with Crippen LogP contribution in [0.3, 0.4) is 0 Å². The van der Waals surface area contributed by atoms with Crippen molar-refractivity contribution in [2.45, 2.75) is 57.0 Å². The van der Waals surface area contributed by atoms with E-state index in [2.05, 4.69) is 23.5 Å². The summed E-state index contributed by atoms with van der Waals surface area (Å²) in [7, 11) is 0. The molecule has 3 heteroatoms. The van der Waals surface area contributed by atoms with Crippen LogP contribution in [-0.4, -0.2) is 23.7 Å². The molecule has 0 saturated heterocycles. The first-order valence-corrected chi connectivity index (χ1v) is 8.29. The van der Waals surface area contributed by atoms with Crippen LogP contribution in [0.5, 0.6) is 0 Å². The predicted octanol–water partition coefficient (Wildman–Crippen LogP) is 2.77. The van der Waals surface area contributed by atoms with Gasteiger partial charge in [0, 0.05) is 12.5 Å². The molecule has 0 bridgehead atoms. The van der Waals surface area contributed by atoms with E-state index in [1.165, 1.54) is 17.5 Å². The Labute approximate surface area is 126 Å². The fraction of sp³-hybridized carbons (Fsp3) is 0.611. The Morgan fingerprint density at radius 1 is 1.14 bits per heavy atom. The molecule has 1 aromatic rings. The van der Waals surface area contributed by atoms with Crippen molar-refractivity contribution in [3.63, 3.8) is 0 Å². The summed E-state index contributed by atoms with van der Waals surface area (Å²) in [6, 6.07) is 8.31. The van der Waals surface area contributed by atoms with Crippen LogP contribution in [0.2, 0.25) is 0 Å². The first-order chi connectivity index (χ1) is 10.3. The lowest BCUT2D eigenvalue weighted by Gasteiger charge is -2.29. The first-order valence-electron chi connectivity index (χ1n) is 8.29. The van der Waals surface area contributed by atoms with E-state index < -0.39 is 0 Å². The lowest BCUT2D eigenvalue weighted by atomic mass is 9.82. The molecule has 0 aliphatic heterocycles. The monoisotopic (exact) mass is 287 g/mol. The van der Waals surface area contributed by atoms with Crippen molar-refractivity contribution in [2.24, 2.45) is 5.92 Å². The van der Waals surface area contributed by atoms with Crippen LogP contribution < -0.4 is 5.32 Å². The smallest absolute Gasteiger partial charge is 0.227 e. The number of aryl methyl sites for hydroxylation is 1. The Morgan fingerprint density at radius 3 is 2.81 bits per heavy atom. The molecule has 2 aliphatic rings. The van der Waals surface area contributed by atoms with Crippen molar-refractivity contribution in [2.75, 3.05) is 6.54 Å². The van der Waals surface area contributed by atoms with Gasteiger partial charge in [-0.25, -0.2) is 0 Å². The van der Waals surface area contributed by atoms with Gasteiger partial charge in [-0.2, -0.15) is 0 Å². The van der Waals surface area contributed by atoms with E-state index >= 15 is 0 Å². The Kier molecular flexibility index (Phi) is 4.59. The molecule has 0 spiro atoms. The molecule has 3 nitrogen and oxygen atoms in total. The van der Waals surface area contributed by atoms with Gasteiger partial charge in [-0.1, -0.05) is 37.1 Å². The number of benzene rings is 1. The molecule has 1 amide bonds. The number of amides is 1. The summed E-state index contributed by atoms with van der Waals surface area (Å²) in [5.74, 6) is 0.372. The maximum atomic E-state index is 12.5. The minimum atomic E-state index is -0.238. The fourth-order valence-electron chi connectivity index (χ4n) is 3.81. The van der Waals surface area contributed by atoms with Crippen LogP contribution in [0.1, 0.15) is 55.6 Å². The molecule has 0 aromatic heterocycles. The summed E-state index contributed by atoms with van der Waals surface area (Å²) in [6.45, 7) is 0.624. The van der Waals surface area contributed by atoms with Gasteiger partial charge in [0.25, 0.3) is 0 Å². The highest BCUT2D eigenvalue weighted by molar-refractivity contribution is 5.84. The third-order valence-electron chi connectivity index (χ3n) is 5.09. The van der Waals surface area contributed by atoms with Gasteiger partial charge in [-0.05, 0) is 43.2 Å². The second-order valence-electron chi connectivity index (χ2n) is 6.50. The minimum Gasteiger partial charge on any atom is -0.393 e. The zero-order valence-electron chi connectivity index (χ0n) is 12.6. The largest absolute Gasteiger partial charge is 0.393 e. The second-order valence-corrected chi connectivity index (χ2v) is 6.50. The van der Waals surface area contributed by atoms with Gasteiger partial charge in [0.15, 0.2) is 0 Å². The Morgan fingerprint density at radius 2 is 1.95 bits per heavy atom. The molecular weight excluding hydrogens is 262 g/mol. The normalized spacial score (nSPS) is 28.7. The molecule has 1 saturated carbocycles. The SMILES string of the molecule is O=C(NCC1CCCCC1O)C1CCCc2ccccc21. The van der Waals surface area contributed by atoms with Crippen molar-refractivity contribution in [1.29, 1.82) is 0 Å². The Bertz CT molecular complexity index is 500. The number of fused-ring (bicyclic) bond motifs is 1. The van der Waals surface area contributed by atoms with Crippen LogP contribution in [0.15, 0.2) is 24.3 Å². The van der Waals surface area contributed by atoms with Gasteiger partial charge < -0.3 is 10.4 Å². The molecule has 3 unspecified atom stereocenters. The van der Waals surface area contributed by atoms with Crippen molar-refractivity contribution < 1.29 is 9.90 Å². The fourth-order valence-corrected chi connectivity index (χ4v) is 3.81. The molecule has 0 heterocycles. The van der Waals surface area contributed by atoms with E-state index in [1.54, 1.807) is 0 Å². The predicted molar refractivity (Wildman–Crippen MR) is 83.1 cm³/mol. The second kappa shape index (κ2) is 6.61. The standard InChI is InChI=1S/C18H25NO2/c20-17-11-4-2-7-14(17)12-19-18(21)16-10-5-8-13-6-1-3-9-15(13)16/h1,3,6,9,14,16-17,20H,2,4-5,7-8,10-12H2,(H,19,21). The average Bonchev–Trinajstić information content (AvgIpc) is 2.53. The molecule has 0 radical (unpaired) electrons. The number of rotatable bonds is 3. The molecule has 1 fully saturated rings. The lowest BCUT2D eigenvalue weighted by molar-refractivity contribution is -0.123. The van der Waals surface area contributed by atoms with Crippen LogP contribution in [0, 0.1) is 5.92 Å². The van der Waals surface area contributed by atoms with E-state index in [0.29, 0.717) is 6.54 Å². The van der Waals surface area contributed by atoms with Gasteiger partial charge >= 0.3 is 0 Å². The zero-order chi connectivity index (χ0) is 14.7. The molecule has 2 N–H and O–H groups in total. The topological polar surface area (TPSA) is 49.3 Å². The summed E-state index contributed by atoms with van der Waals surface area (Å²) >= 11 is 0. The van der Waals surface area contributed by atoms with Gasteiger partial charge in [-0.3, -0.25) is 4.79 Å². The first kappa shape index (κ1) is 14.6. The maximum absolute atomic E-state index is 12.5. The van der Waals surface area contributed by atoms with E-state index in [1.807, 2.05) is 6.07 Å². The van der Waals surface area contributed by atoms with Gasteiger partial charge in [0.1, 0.15) is 0 Å².